The second-order valence-corrected chi connectivity index (χ2v) is 5.38. The number of hydrogen-bond acceptors (Lipinski definition) is 2. The van der Waals surface area contributed by atoms with Crippen LogP contribution in [0.5, 0.6) is 0 Å². The summed E-state index contributed by atoms with van der Waals surface area (Å²) in [6.07, 6.45) is 3.06. The number of aryl methyl sites for hydroxylation is 1. The van der Waals surface area contributed by atoms with Gasteiger partial charge in [-0.3, -0.25) is 0 Å². The normalized spacial score (nSPS) is 15.3. The summed E-state index contributed by atoms with van der Waals surface area (Å²) in [5, 5.41) is 11.9. The molecule has 1 aliphatic carbocycles. The van der Waals surface area contributed by atoms with E-state index in [1.54, 1.807) is 4.90 Å². The highest BCUT2D eigenvalue weighted by molar-refractivity contribution is 5.82. The molecule has 1 aromatic rings. The second kappa shape index (κ2) is 7.11. The van der Waals surface area contributed by atoms with Crippen molar-refractivity contribution in [2.45, 2.75) is 44.7 Å². The number of amides is 2. The summed E-state index contributed by atoms with van der Waals surface area (Å²) in [6.45, 7) is 2.53. The molecule has 1 aromatic carbocycles. The Morgan fingerprint density at radius 1 is 1.33 bits per heavy atom. The number of carboxylic acid groups (broad SMARTS) is 1. The summed E-state index contributed by atoms with van der Waals surface area (Å²) in [4.78, 5) is 25.2. The van der Waals surface area contributed by atoms with E-state index in [1.165, 1.54) is 0 Å². The molecule has 0 spiro atoms. The van der Waals surface area contributed by atoms with Crippen molar-refractivity contribution >= 4 is 12.0 Å². The molecule has 0 saturated heterocycles. The molecule has 1 aliphatic rings. The zero-order valence-electron chi connectivity index (χ0n) is 12.3. The van der Waals surface area contributed by atoms with Gasteiger partial charge in [-0.25, -0.2) is 9.59 Å². The van der Waals surface area contributed by atoms with Crippen LogP contribution in [0, 0.1) is 0 Å². The molecule has 1 saturated carbocycles. The number of carbonyl (C=O) groups is 2. The maximum atomic E-state index is 12.1. The minimum atomic E-state index is -0.980. The van der Waals surface area contributed by atoms with E-state index in [0.29, 0.717) is 25.4 Å². The molecular formula is C16H22N2O3. The molecule has 2 amide bonds. The van der Waals surface area contributed by atoms with Crippen molar-refractivity contribution in [2.75, 3.05) is 6.54 Å². The molecular weight excluding hydrogens is 268 g/mol. The first-order valence-electron chi connectivity index (χ1n) is 7.45. The minimum absolute atomic E-state index is 0.263. The van der Waals surface area contributed by atoms with Gasteiger partial charge < -0.3 is 15.3 Å². The summed E-state index contributed by atoms with van der Waals surface area (Å²) < 4.78 is 0. The molecule has 0 aliphatic heterocycles. The number of aliphatic carboxylic acids is 1. The molecule has 0 heterocycles. The number of rotatable bonds is 7. The van der Waals surface area contributed by atoms with Gasteiger partial charge in [-0.2, -0.15) is 0 Å². The fourth-order valence-corrected chi connectivity index (χ4v) is 2.40. The smallest absolute Gasteiger partial charge is 0.326 e. The van der Waals surface area contributed by atoms with Crippen LogP contribution in [0.1, 0.15) is 31.7 Å². The molecule has 2 rings (SSSR count). The van der Waals surface area contributed by atoms with E-state index in [-0.39, 0.29) is 6.03 Å². The lowest BCUT2D eigenvalue weighted by atomic mass is 10.1. The van der Waals surface area contributed by atoms with Crippen LogP contribution in [-0.2, 0) is 11.2 Å². The molecule has 5 heteroatoms. The highest BCUT2D eigenvalue weighted by Crippen LogP contribution is 2.26. The Bertz CT molecular complexity index is 486. The van der Waals surface area contributed by atoms with Crippen LogP contribution < -0.4 is 5.32 Å². The minimum Gasteiger partial charge on any atom is -0.480 e. The van der Waals surface area contributed by atoms with E-state index in [0.717, 1.165) is 18.4 Å². The number of hydrogen-bond donors (Lipinski definition) is 2. The first-order chi connectivity index (χ1) is 10.1. The largest absolute Gasteiger partial charge is 0.480 e. The second-order valence-electron chi connectivity index (χ2n) is 5.38. The van der Waals surface area contributed by atoms with Crippen molar-refractivity contribution in [1.29, 1.82) is 0 Å². The van der Waals surface area contributed by atoms with Crippen molar-refractivity contribution in [3.63, 3.8) is 0 Å². The predicted octanol–water partition coefficient (Wildman–Crippen LogP) is 2.27. The third-order valence-electron chi connectivity index (χ3n) is 3.75. The van der Waals surface area contributed by atoms with E-state index in [4.69, 9.17) is 0 Å². The number of carboxylic acids is 1. The third kappa shape index (κ3) is 4.48. The van der Waals surface area contributed by atoms with Crippen LogP contribution >= 0.6 is 0 Å². The van der Waals surface area contributed by atoms with Gasteiger partial charge in [0.15, 0.2) is 0 Å². The van der Waals surface area contributed by atoms with Crippen LogP contribution in [-0.4, -0.2) is 40.6 Å². The van der Waals surface area contributed by atoms with Crippen molar-refractivity contribution in [2.24, 2.45) is 0 Å². The Kier molecular flexibility index (Phi) is 5.20. The Morgan fingerprint density at radius 2 is 2.00 bits per heavy atom. The van der Waals surface area contributed by atoms with Crippen molar-refractivity contribution in [3.05, 3.63) is 35.9 Å². The quantitative estimate of drug-likeness (QED) is 0.809. The Hall–Kier alpha value is -2.04. The van der Waals surface area contributed by atoms with Gasteiger partial charge in [0.1, 0.15) is 6.04 Å². The molecule has 0 bridgehead atoms. The maximum Gasteiger partial charge on any atom is 0.326 e. The molecule has 1 fully saturated rings. The first kappa shape index (κ1) is 15.4. The van der Waals surface area contributed by atoms with Gasteiger partial charge >= 0.3 is 12.0 Å². The lowest BCUT2D eigenvalue weighted by Gasteiger charge is -2.23. The van der Waals surface area contributed by atoms with Crippen LogP contribution in [0.4, 0.5) is 4.79 Å². The molecule has 114 valence electrons. The molecule has 1 atom stereocenters. The van der Waals surface area contributed by atoms with E-state index in [1.807, 2.05) is 37.3 Å². The van der Waals surface area contributed by atoms with Gasteiger partial charge in [-0.15, -0.1) is 0 Å². The monoisotopic (exact) mass is 290 g/mol. The van der Waals surface area contributed by atoms with Crippen LogP contribution in [0.3, 0.4) is 0 Å². The average Bonchev–Trinajstić information content (AvgIpc) is 3.29. The highest BCUT2D eigenvalue weighted by Gasteiger charge is 2.33. The number of benzene rings is 1. The molecule has 2 N–H and O–H groups in total. The zero-order chi connectivity index (χ0) is 15.2. The van der Waals surface area contributed by atoms with Crippen molar-refractivity contribution in [3.8, 4) is 0 Å². The molecule has 21 heavy (non-hydrogen) atoms. The van der Waals surface area contributed by atoms with Gasteiger partial charge in [-0.05, 0) is 38.2 Å². The fourth-order valence-electron chi connectivity index (χ4n) is 2.40. The van der Waals surface area contributed by atoms with Crippen LogP contribution in [0.25, 0.3) is 0 Å². The lowest BCUT2D eigenvalue weighted by molar-refractivity contribution is -0.139. The topological polar surface area (TPSA) is 69.6 Å². The number of carbonyl (C=O) groups excluding carboxylic acids is 1. The molecule has 0 unspecified atom stereocenters. The highest BCUT2D eigenvalue weighted by atomic mass is 16.4. The number of nitrogens with one attached hydrogen (secondary N) is 1. The average molecular weight is 290 g/mol. The van der Waals surface area contributed by atoms with Gasteiger partial charge in [0, 0.05) is 12.6 Å². The Morgan fingerprint density at radius 3 is 2.52 bits per heavy atom. The van der Waals surface area contributed by atoms with Crippen molar-refractivity contribution < 1.29 is 14.7 Å². The Balaban J connectivity index is 1.89. The Labute approximate surface area is 125 Å². The van der Waals surface area contributed by atoms with Crippen molar-refractivity contribution in [1.82, 2.24) is 10.2 Å². The van der Waals surface area contributed by atoms with E-state index in [9.17, 15) is 14.7 Å². The fraction of sp³-hybridized carbons (Fsp3) is 0.500. The van der Waals surface area contributed by atoms with Crippen LogP contribution in [0.2, 0.25) is 0 Å². The van der Waals surface area contributed by atoms with Gasteiger partial charge in [-0.1, -0.05) is 30.3 Å². The SMILES string of the molecule is CCN(C(=O)N[C@@H](CCc1ccccc1)C(=O)O)C1CC1. The molecule has 0 aromatic heterocycles. The summed E-state index contributed by atoms with van der Waals surface area (Å²) in [5.74, 6) is -0.980. The molecule has 5 nitrogen and oxygen atoms in total. The van der Waals surface area contributed by atoms with Crippen LogP contribution in [0.15, 0.2) is 30.3 Å². The lowest BCUT2D eigenvalue weighted by Crippen LogP contribution is -2.48. The van der Waals surface area contributed by atoms with E-state index < -0.39 is 12.0 Å². The first-order valence-corrected chi connectivity index (χ1v) is 7.45. The number of urea groups is 1. The zero-order valence-corrected chi connectivity index (χ0v) is 12.3. The maximum absolute atomic E-state index is 12.1. The van der Waals surface area contributed by atoms with E-state index in [2.05, 4.69) is 5.32 Å². The van der Waals surface area contributed by atoms with Gasteiger partial charge in [0.25, 0.3) is 0 Å². The third-order valence-corrected chi connectivity index (χ3v) is 3.75. The number of nitrogens with zero attached hydrogens (tertiary/aromatic N) is 1. The van der Waals surface area contributed by atoms with E-state index >= 15 is 0 Å². The summed E-state index contributed by atoms with van der Waals surface area (Å²) >= 11 is 0. The standard InChI is InChI=1S/C16H22N2O3/c1-2-18(13-9-10-13)16(21)17-14(15(19)20)11-8-12-6-4-3-5-7-12/h3-7,13-14H,2,8-11H2,1H3,(H,17,21)(H,19,20)/t14-/m0/s1. The predicted molar refractivity (Wildman–Crippen MR) is 80.1 cm³/mol. The van der Waals surface area contributed by atoms with Gasteiger partial charge in [0.05, 0.1) is 0 Å². The molecule has 0 radical (unpaired) electrons. The summed E-state index contributed by atoms with van der Waals surface area (Å²) in [6, 6.07) is 8.89. The summed E-state index contributed by atoms with van der Waals surface area (Å²) in [5.41, 5.74) is 1.08. The van der Waals surface area contributed by atoms with Gasteiger partial charge in [0.2, 0.25) is 0 Å². The summed E-state index contributed by atoms with van der Waals surface area (Å²) in [7, 11) is 0.